The first-order valence-corrected chi connectivity index (χ1v) is 8.48. The largest absolute Gasteiger partial charge is 0.366 e. The molecule has 0 aliphatic heterocycles. The molecule has 0 spiro atoms. The topological polar surface area (TPSA) is 101 Å². The fraction of sp³-hybridized carbons (Fsp3) is 0.167. The highest BCUT2D eigenvalue weighted by molar-refractivity contribution is 8.00. The fourth-order valence-electron chi connectivity index (χ4n) is 2.04. The lowest BCUT2D eigenvalue weighted by Crippen LogP contribution is -2.22. The summed E-state index contributed by atoms with van der Waals surface area (Å²) >= 11 is 1.41. The van der Waals surface area contributed by atoms with Crippen LogP contribution in [0.5, 0.6) is 0 Å². The molecule has 0 bridgehead atoms. The number of nitrogens with two attached hydrogens (primary N) is 1. The van der Waals surface area contributed by atoms with Gasteiger partial charge in [0.25, 0.3) is 0 Å². The van der Waals surface area contributed by atoms with E-state index in [9.17, 15) is 14.4 Å². The molecule has 0 aromatic heterocycles. The number of carbonyl (C=O) groups is 3. The number of hydrogen-bond donors (Lipinski definition) is 3. The summed E-state index contributed by atoms with van der Waals surface area (Å²) in [5.74, 6) is -0.789. The number of anilines is 2. The van der Waals surface area contributed by atoms with Crippen LogP contribution in [0, 0.1) is 0 Å². The van der Waals surface area contributed by atoms with Crippen molar-refractivity contribution in [3.05, 3.63) is 54.1 Å². The zero-order chi connectivity index (χ0) is 18.4. The molecule has 0 saturated heterocycles. The van der Waals surface area contributed by atoms with E-state index in [0.29, 0.717) is 16.9 Å². The van der Waals surface area contributed by atoms with Gasteiger partial charge in [-0.25, -0.2) is 0 Å². The Labute approximate surface area is 150 Å². The molecule has 2 aromatic rings. The van der Waals surface area contributed by atoms with Crippen LogP contribution >= 0.6 is 11.8 Å². The Morgan fingerprint density at radius 1 is 0.920 bits per heavy atom. The quantitative estimate of drug-likeness (QED) is 0.692. The van der Waals surface area contributed by atoms with Gasteiger partial charge in [-0.15, -0.1) is 11.8 Å². The Morgan fingerprint density at radius 2 is 1.44 bits per heavy atom. The third-order valence-electron chi connectivity index (χ3n) is 3.29. The van der Waals surface area contributed by atoms with Gasteiger partial charge in [-0.2, -0.15) is 0 Å². The average molecular weight is 357 g/mol. The smallest absolute Gasteiger partial charge is 0.248 e. The second-order valence-electron chi connectivity index (χ2n) is 5.40. The molecular formula is C18H19N3O3S. The van der Waals surface area contributed by atoms with E-state index in [1.54, 1.807) is 43.3 Å². The molecule has 3 amide bonds. The number of carbonyl (C=O) groups excluding carboxylic acids is 3. The standard InChI is InChI=1S/C18H19N3O3S/c1-11(25-16-9-7-14(8-10-16)20-12(2)22)18(24)21-15-5-3-13(4-6-15)17(19)23/h3-11H,1-2H3,(H2,19,23)(H,20,22)(H,21,24)/t11-/m1/s1. The maximum absolute atomic E-state index is 12.3. The summed E-state index contributed by atoms with van der Waals surface area (Å²) in [6.07, 6.45) is 0. The molecule has 0 fully saturated rings. The Balaban J connectivity index is 1.93. The van der Waals surface area contributed by atoms with Crippen LogP contribution in [-0.4, -0.2) is 23.0 Å². The summed E-state index contributed by atoms with van der Waals surface area (Å²) in [5, 5.41) is 5.17. The molecule has 0 aliphatic rings. The number of benzene rings is 2. The predicted octanol–water partition coefficient (Wildman–Crippen LogP) is 2.86. The van der Waals surface area contributed by atoms with Gasteiger partial charge in [0.1, 0.15) is 0 Å². The first-order valence-electron chi connectivity index (χ1n) is 7.60. The summed E-state index contributed by atoms with van der Waals surface area (Å²) in [7, 11) is 0. The van der Waals surface area contributed by atoms with E-state index in [1.165, 1.54) is 18.7 Å². The van der Waals surface area contributed by atoms with Gasteiger partial charge in [-0.3, -0.25) is 14.4 Å². The number of thioether (sulfide) groups is 1. The van der Waals surface area contributed by atoms with Crippen molar-refractivity contribution >= 4 is 40.9 Å². The molecule has 0 aliphatic carbocycles. The second-order valence-corrected chi connectivity index (χ2v) is 6.81. The van der Waals surface area contributed by atoms with Crippen LogP contribution in [0.2, 0.25) is 0 Å². The molecule has 0 radical (unpaired) electrons. The monoisotopic (exact) mass is 357 g/mol. The highest BCUT2D eigenvalue weighted by Crippen LogP contribution is 2.25. The first kappa shape index (κ1) is 18.5. The molecule has 0 heterocycles. The molecule has 4 N–H and O–H groups in total. The third kappa shape index (κ3) is 5.65. The maximum Gasteiger partial charge on any atom is 0.248 e. The van der Waals surface area contributed by atoms with Gasteiger partial charge in [-0.05, 0) is 55.5 Å². The van der Waals surface area contributed by atoms with Crippen LogP contribution in [0.1, 0.15) is 24.2 Å². The highest BCUT2D eigenvalue weighted by Gasteiger charge is 2.15. The highest BCUT2D eigenvalue weighted by atomic mass is 32.2. The van der Waals surface area contributed by atoms with Crippen molar-refractivity contribution in [2.45, 2.75) is 24.0 Å². The number of nitrogens with one attached hydrogen (secondary N) is 2. The minimum atomic E-state index is -0.510. The summed E-state index contributed by atoms with van der Waals surface area (Å²) in [4.78, 5) is 35.2. The first-order chi connectivity index (χ1) is 11.8. The van der Waals surface area contributed by atoms with Crippen LogP contribution in [0.15, 0.2) is 53.4 Å². The number of primary amides is 1. The zero-order valence-corrected chi connectivity index (χ0v) is 14.7. The van der Waals surface area contributed by atoms with E-state index < -0.39 is 5.91 Å². The Bertz CT molecular complexity index is 773. The molecule has 0 saturated carbocycles. The lowest BCUT2D eigenvalue weighted by atomic mass is 10.2. The van der Waals surface area contributed by atoms with Crippen molar-refractivity contribution in [3.63, 3.8) is 0 Å². The number of rotatable bonds is 6. The van der Waals surface area contributed by atoms with E-state index in [-0.39, 0.29) is 17.1 Å². The molecule has 2 aromatic carbocycles. The Morgan fingerprint density at radius 3 is 1.96 bits per heavy atom. The minimum Gasteiger partial charge on any atom is -0.366 e. The van der Waals surface area contributed by atoms with Crippen molar-refractivity contribution < 1.29 is 14.4 Å². The van der Waals surface area contributed by atoms with Crippen LogP contribution in [0.3, 0.4) is 0 Å². The molecule has 6 nitrogen and oxygen atoms in total. The van der Waals surface area contributed by atoms with Crippen LogP contribution < -0.4 is 16.4 Å². The molecule has 130 valence electrons. The van der Waals surface area contributed by atoms with Crippen LogP contribution in [-0.2, 0) is 9.59 Å². The van der Waals surface area contributed by atoms with Crippen LogP contribution in [0.4, 0.5) is 11.4 Å². The molecule has 7 heteroatoms. The van der Waals surface area contributed by atoms with Gasteiger partial charge in [0.15, 0.2) is 0 Å². The van der Waals surface area contributed by atoms with Crippen molar-refractivity contribution in [2.75, 3.05) is 10.6 Å². The van der Waals surface area contributed by atoms with Gasteiger partial charge < -0.3 is 16.4 Å². The van der Waals surface area contributed by atoms with Crippen molar-refractivity contribution in [3.8, 4) is 0 Å². The molecule has 1 atom stereocenters. The minimum absolute atomic E-state index is 0.129. The number of amides is 3. The fourth-order valence-corrected chi connectivity index (χ4v) is 2.91. The molecule has 2 rings (SSSR count). The second kappa shape index (κ2) is 8.34. The summed E-state index contributed by atoms with van der Waals surface area (Å²) in [6, 6.07) is 13.7. The molecule has 25 heavy (non-hydrogen) atoms. The van der Waals surface area contributed by atoms with Gasteiger partial charge in [-0.1, -0.05) is 0 Å². The average Bonchev–Trinajstić information content (AvgIpc) is 2.56. The van der Waals surface area contributed by atoms with Gasteiger partial charge in [0.2, 0.25) is 17.7 Å². The molecule has 0 unspecified atom stereocenters. The predicted molar refractivity (Wildman–Crippen MR) is 99.7 cm³/mol. The summed E-state index contributed by atoms with van der Waals surface area (Å²) in [5.41, 5.74) is 6.88. The van der Waals surface area contributed by atoms with E-state index in [1.807, 2.05) is 12.1 Å². The molecular weight excluding hydrogens is 338 g/mol. The Hall–Kier alpha value is -2.80. The summed E-state index contributed by atoms with van der Waals surface area (Å²) in [6.45, 7) is 3.25. The van der Waals surface area contributed by atoms with Crippen molar-refractivity contribution in [1.82, 2.24) is 0 Å². The third-order valence-corrected chi connectivity index (χ3v) is 4.41. The Kier molecular flexibility index (Phi) is 6.19. The maximum atomic E-state index is 12.3. The van der Waals surface area contributed by atoms with Crippen molar-refractivity contribution in [2.24, 2.45) is 5.73 Å². The van der Waals surface area contributed by atoms with E-state index in [2.05, 4.69) is 10.6 Å². The summed E-state index contributed by atoms with van der Waals surface area (Å²) < 4.78 is 0. The SMILES string of the molecule is CC(=O)Nc1ccc(S[C@H](C)C(=O)Nc2ccc(C(N)=O)cc2)cc1. The number of hydrogen-bond acceptors (Lipinski definition) is 4. The van der Waals surface area contributed by atoms with Gasteiger partial charge in [0, 0.05) is 28.8 Å². The van der Waals surface area contributed by atoms with Gasteiger partial charge in [0.05, 0.1) is 5.25 Å². The zero-order valence-electron chi connectivity index (χ0n) is 13.9. The van der Waals surface area contributed by atoms with Crippen molar-refractivity contribution in [1.29, 1.82) is 0 Å². The lowest BCUT2D eigenvalue weighted by molar-refractivity contribution is -0.115. The normalized spacial score (nSPS) is 11.4. The van der Waals surface area contributed by atoms with Gasteiger partial charge >= 0.3 is 0 Å². The van der Waals surface area contributed by atoms with Crippen LogP contribution in [0.25, 0.3) is 0 Å². The van der Waals surface area contributed by atoms with E-state index >= 15 is 0 Å². The van der Waals surface area contributed by atoms with E-state index in [4.69, 9.17) is 5.73 Å². The van der Waals surface area contributed by atoms with E-state index in [0.717, 1.165) is 4.90 Å². The lowest BCUT2D eigenvalue weighted by Gasteiger charge is -2.12.